The molecule has 148 valence electrons. The van der Waals surface area contributed by atoms with Gasteiger partial charge in [0.15, 0.2) is 6.10 Å². The van der Waals surface area contributed by atoms with Crippen molar-refractivity contribution in [2.24, 2.45) is 0 Å². The van der Waals surface area contributed by atoms with Crippen LogP contribution in [0.4, 0.5) is 0 Å². The minimum Gasteiger partial charge on any atom is -0.463 e. The predicted molar refractivity (Wildman–Crippen MR) is 86.0 cm³/mol. The average molecular weight is 386 g/mol. The van der Waals surface area contributed by atoms with Crippen LogP contribution in [-0.2, 0) is 46.7 Å². The van der Waals surface area contributed by atoms with Gasteiger partial charge in [-0.15, -0.1) is 0 Å². The Morgan fingerprint density at radius 1 is 0.880 bits per heavy atom. The molecule has 11 heteroatoms. The number of hydrogen-bond acceptors (Lipinski definition) is 10. The Morgan fingerprint density at radius 3 is 1.88 bits per heavy atom. The fourth-order valence-corrected chi connectivity index (χ4v) is 2.28. The van der Waals surface area contributed by atoms with Crippen molar-refractivity contribution < 1.29 is 46.7 Å². The van der Waals surface area contributed by atoms with Gasteiger partial charge >= 0.3 is 19.8 Å². The molecule has 0 aromatic heterocycles. The number of ether oxygens (including phenoxy) is 4. The van der Waals surface area contributed by atoms with Crippen LogP contribution in [0.25, 0.3) is 0 Å². The summed E-state index contributed by atoms with van der Waals surface area (Å²) in [6, 6.07) is 0. The highest BCUT2D eigenvalue weighted by Crippen LogP contribution is 2.49. The van der Waals surface area contributed by atoms with Crippen LogP contribution in [-0.4, -0.2) is 71.9 Å². The first-order chi connectivity index (χ1) is 11.9. The highest BCUT2D eigenvalue weighted by atomic mass is 31.2. The van der Waals surface area contributed by atoms with E-state index in [-0.39, 0.29) is 26.4 Å². The summed E-state index contributed by atoms with van der Waals surface area (Å²) in [5, 5.41) is 0. The van der Waals surface area contributed by atoms with Gasteiger partial charge in [-0.05, 0) is 13.8 Å². The van der Waals surface area contributed by atoms with Crippen molar-refractivity contribution in [3.63, 3.8) is 0 Å². The van der Waals surface area contributed by atoms with Crippen LogP contribution in [0.5, 0.6) is 0 Å². The summed E-state index contributed by atoms with van der Waals surface area (Å²) in [5.41, 5.74) is 0. The van der Waals surface area contributed by atoms with E-state index >= 15 is 0 Å². The van der Waals surface area contributed by atoms with Crippen LogP contribution < -0.4 is 0 Å². The van der Waals surface area contributed by atoms with Gasteiger partial charge < -0.3 is 18.9 Å². The van der Waals surface area contributed by atoms with Crippen LogP contribution in [0.2, 0.25) is 0 Å². The van der Waals surface area contributed by atoms with E-state index in [1.807, 2.05) is 0 Å². The number of phosphoric ester groups is 1. The molecule has 0 aliphatic rings. The van der Waals surface area contributed by atoms with E-state index in [1.165, 1.54) is 0 Å². The number of rotatable bonds is 15. The molecule has 0 bridgehead atoms. The molecule has 1 unspecified atom stereocenters. The van der Waals surface area contributed by atoms with Gasteiger partial charge in [-0.2, -0.15) is 0 Å². The molecule has 0 radical (unpaired) electrons. The molecule has 0 N–H and O–H groups in total. The van der Waals surface area contributed by atoms with E-state index in [9.17, 15) is 14.2 Å². The number of phosphoric acid groups is 1. The molecule has 0 spiro atoms. The second-order valence-electron chi connectivity index (χ2n) is 4.39. The molecule has 0 heterocycles. The molecule has 0 amide bonds. The van der Waals surface area contributed by atoms with Gasteiger partial charge in [-0.1, -0.05) is 0 Å². The van der Waals surface area contributed by atoms with Crippen molar-refractivity contribution in [3.05, 3.63) is 0 Å². The predicted octanol–water partition coefficient (Wildman–Crippen LogP) is 1.32. The van der Waals surface area contributed by atoms with Crippen LogP contribution in [0.3, 0.4) is 0 Å². The minimum absolute atomic E-state index is 0.0188. The Kier molecular flexibility index (Phi) is 13.6. The topological polar surface area (TPSA) is 116 Å². The zero-order chi connectivity index (χ0) is 19.1. The Labute approximate surface area is 147 Å². The second kappa shape index (κ2) is 14.2. The Hall–Kier alpha value is -1.03. The summed E-state index contributed by atoms with van der Waals surface area (Å²) in [7, 11) is -1.82. The summed E-state index contributed by atoms with van der Waals surface area (Å²) >= 11 is 0. The summed E-state index contributed by atoms with van der Waals surface area (Å²) in [4.78, 5) is 23.9. The van der Waals surface area contributed by atoms with Crippen molar-refractivity contribution in [2.45, 2.75) is 26.4 Å². The Balaban J connectivity index is 4.68. The molecule has 0 saturated carbocycles. The van der Waals surface area contributed by atoms with Crippen molar-refractivity contribution in [1.29, 1.82) is 0 Å². The molecular formula is C14H27O10P. The van der Waals surface area contributed by atoms with E-state index in [1.54, 1.807) is 13.8 Å². The van der Waals surface area contributed by atoms with Crippen LogP contribution >= 0.6 is 7.82 Å². The monoisotopic (exact) mass is 386 g/mol. The summed E-state index contributed by atoms with van der Waals surface area (Å²) in [6.07, 6.45) is -2.03. The maximum absolute atomic E-state index is 12.1. The average Bonchev–Trinajstić information content (AvgIpc) is 2.61. The summed E-state index contributed by atoms with van der Waals surface area (Å²) in [6.45, 7) is 4.92. The van der Waals surface area contributed by atoms with Gasteiger partial charge in [0.25, 0.3) is 0 Å². The Bertz CT molecular complexity index is 420. The number of carbonyl (C=O) groups is 2. The van der Waals surface area contributed by atoms with E-state index in [0.29, 0.717) is 13.2 Å². The van der Waals surface area contributed by atoms with E-state index in [2.05, 4.69) is 9.05 Å². The molecule has 25 heavy (non-hydrogen) atoms. The van der Waals surface area contributed by atoms with Gasteiger partial charge in [0.1, 0.15) is 13.2 Å². The fraction of sp³-hybridized carbons (Fsp3) is 0.857. The number of hydrogen-bond donors (Lipinski definition) is 0. The molecule has 0 fully saturated rings. The molecule has 10 nitrogen and oxygen atoms in total. The number of esters is 2. The molecule has 0 aliphatic carbocycles. The second-order valence-corrected chi connectivity index (χ2v) is 6.23. The standard InChI is InChI=1S/C14H27O10P/c1-5-20-7-9-22-13(15)11-12(24-25(17,18-3)19-4)14(16)23-10-8-21-6-2/h12H,5-11H2,1-4H3. The summed E-state index contributed by atoms with van der Waals surface area (Å²) < 4.78 is 46.2. The molecule has 0 aliphatic heterocycles. The molecular weight excluding hydrogens is 359 g/mol. The minimum atomic E-state index is -3.99. The first-order valence-electron chi connectivity index (χ1n) is 7.80. The molecule has 0 aromatic rings. The van der Waals surface area contributed by atoms with Gasteiger partial charge in [0, 0.05) is 27.4 Å². The highest BCUT2D eigenvalue weighted by molar-refractivity contribution is 7.48. The third kappa shape index (κ3) is 11.2. The third-order valence-electron chi connectivity index (χ3n) is 2.69. The highest BCUT2D eigenvalue weighted by Gasteiger charge is 2.35. The molecule has 1 atom stereocenters. The largest absolute Gasteiger partial charge is 0.475 e. The molecule has 0 rings (SSSR count). The van der Waals surface area contributed by atoms with Gasteiger partial charge in [0.05, 0.1) is 19.6 Å². The van der Waals surface area contributed by atoms with E-state index in [4.69, 9.17) is 23.5 Å². The first-order valence-corrected chi connectivity index (χ1v) is 9.26. The fourth-order valence-electron chi connectivity index (χ4n) is 1.49. The lowest BCUT2D eigenvalue weighted by Gasteiger charge is -2.20. The lowest BCUT2D eigenvalue weighted by molar-refractivity contribution is -0.161. The normalized spacial score (nSPS) is 12.6. The van der Waals surface area contributed by atoms with Crippen molar-refractivity contribution in [1.82, 2.24) is 0 Å². The first kappa shape index (κ1) is 24.0. The van der Waals surface area contributed by atoms with Crippen LogP contribution in [0.15, 0.2) is 0 Å². The lowest BCUT2D eigenvalue weighted by Crippen LogP contribution is -2.30. The summed E-state index contributed by atoms with van der Waals surface area (Å²) in [5.74, 6) is -1.65. The Morgan fingerprint density at radius 2 is 1.40 bits per heavy atom. The van der Waals surface area contributed by atoms with E-state index < -0.39 is 32.3 Å². The molecule has 0 saturated heterocycles. The van der Waals surface area contributed by atoms with Gasteiger partial charge in [-0.25, -0.2) is 9.36 Å². The van der Waals surface area contributed by atoms with Crippen LogP contribution in [0.1, 0.15) is 20.3 Å². The van der Waals surface area contributed by atoms with Crippen LogP contribution in [0, 0.1) is 0 Å². The maximum Gasteiger partial charge on any atom is 0.475 e. The maximum atomic E-state index is 12.1. The van der Waals surface area contributed by atoms with Crippen molar-refractivity contribution in [2.75, 3.05) is 53.9 Å². The van der Waals surface area contributed by atoms with Crippen molar-refractivity contribution >= 4 is 19.8 Å². The zero-order valence-electron chi connectivity index (χ0n) is 15.1. The third-order valence-corrected chi connectivity index (χ3v) is 4.10. The van der Waals surface area contributed by atoms with Gasteiger partial charge in [0.2, 0.25) is 0 Å². The van der Waals surface area contributed by atoms with E-state index in [0.717, 1.165) is 14.2 Å². The zero-order valence-corrected chi connectivity index (χ0v) is 16.0. The van der Waals surface area contributed by atoms with Gasteiger partial charge in [-0.3, -0.25) is 18.4 Å². The van der Waals surface area contributed by atoms with Crippen molar-refractivity contribution in [3.8, 4) is 0 Å². The smallest absolute Gasteiger partial charge is 0.463 e. The lowest BCUT2D eigenvalue weighted by atomic mass is 10.2. The molecule has 0 aromatic carbocycles. The SMILES string of the molecule is CCOCCOC(=O)CC(OP(=O)(OC)OC)C(=O)OCCOCC. The quantitative estimate of drug-likeness (QED) is 0.232. The number of carbonyl (C=O) groups excluding carboxylic acids is 2.